The van der Waals surface area contributed by atoms with E-state index < -0.39 is 0 Å². The fourth-order valence-corrected chi connectivity index (χ4v) is 1.77. The van der Waals surface area contributed by atoms with E-state index in [0.29, 0.717) is 0 Å². The summed E-state index contributed by atoms with van der Waals surface area (Å²) in [5.41, 5.74) is 1.10. The van der Waals surface area contributed by atoms with Gasteiger partial charge in [0.25, 0.3) is 0 Å². The van der Waals surface area contributed by atoms with Crippen molar-refractivity contribution in [3.8, 4) is 11.8 Å². The van der Waals surface area contributed by atoms with Crippen LogP contribution in [0.3, 0.4) is 0 Å². The fraction of sp³-hybridized carbons (Fsp3) is 0.176. The molecule has 0 amide bonds. The second-order valence-electron chi connectivity index (χ2n) is 4.04. The Bertz CT molecular complexity index is 567. The lowest BCUT2D eigenvalue weighted by Crippen LogP contribution is -1.76. The van der Waals surface area contributed by atoms with E-state index in [9.17, 15) is 0 Å². The van der Waals surface area contributed by atoms with Crippen LogP contribution in [0.1, 0.15) is 24.8 Å². The van der Waals surface area contributed by atoms with Crippen LogP contribution < -0.4 is 0 Å². The molecule has 0 N–H and O–H groups in total. The minimum absolute atomic E-state index is 0.943. The van der Waals surface area contributed by atoms with Crippen LogP contribution in [0, 0.1) is 11.8 Å². The summed E-state index contributed by atoms with van der Waals surface area (Å²) in [5, 5.41) is 2.52. The van der Waals surface area contributed by atoms with Crippen molar-refractivity contribution in [2.24, 2.45) is 0 Å². The molecule has 2 aromatic carbocycles. The Hall–Kier alpha value is -2.00. The molecule has 0 spiro atoms. The zero-order valence-electron chi connectivity index (χ0n) is 9.95. The number of hydrogen-bond acceptors (Lipinski definition) is 0. The Balaban J connectivity index is 2.11. The second kappa shape index (κ2) is 5.92. The van der Waals surface area contributed by atoms with E-state index in [4.69, 9.17) is 0 Å². The van der Waals surface area contributed by atoms with Gasteiger partial charge in [0.05, 0.1) is 0 Å². The van der Waals surface area contributed by atoms with E-state index in [0.717, 1.165) is 24.8 Å². The Morgan fingerprint density at radius 1 is 1.06 bits per heavy atom. The van der Waals surface area contributed by atoms with Gasteiger partial charge in [0.2, 0.25) is 0 Å². The molecular formula is C17H16. The van der Waals surface area contributed by atoms with Gasteiger partial charge in [-0.3, -0.25) is 0 Å². The normalized spacial score (nSPS) is 9.65. The van der Waals surface area contributed by atoms with Crippen molar-refractivity contribution in [1.29, 1.82) is 0 Å². The maximum Gasteiger partial charge on any atom is 0.0251 e. The number of benzene rings is 2. The number of rotatable bonds is 3. The van der Waals surface area contributed by atoms with Gasteiger partial charge in [-0.25, -0.2) is 0 Å². The van der Waals surface area contributed by atoms with Crippen molar-refractivity contribution in [3.05, 3.63) is 60.7 Å². The standard InChI is InChI=1S/C17H16/c1-2-3-4-5-6-9-15-12-13-16-10-7-8-11-17(16)14-15/h2,7-8,10-14H,1,3-5H2. The molecule has 0 heterocycles. The molecule has 0 nitrogen and oxygen atoms in total. The highest BCUT2D eigenvalue weighted by Gasteiger charge is 1.92. The average molecular weight is 220 g/mol. The Kier molecular flexibility index (Phi) is 4.00. The average Bonchev–Trinajstić information content (AvgIpc) is 2.38. The Morgan fingerprint density at radius 2 is 1.88 bits per heavy atom. The SMILES string of the molecule is C=CCCCC#Cc1ccc2ccccc2c1. The summed E-state index contributed by atoms with van der Waals surface area (Å²) < 4.78 is 0. The van der Waals surface area contributed by atoms with Gasteiger partial charge in [0.1, 0.15) is 0 Å². The van der Waals surface area contributed by atoms with E-state index in [2.05, 4.69) is 60.9 Å². The van der Waals surface area contributed by atoms with Gasteiger partial charge in [-0.15, -0.1) is 6.58 Å². The molecule has 0 unspecified atom stereocenters. The third kappa shape index (κ3) is 3.23. The summed E-state index contributed by atoms with van der Waals surface area (Å²) in [6, 6.07) is 14.7. The molecule has 0 atom stereocenters. The predicted octanol–water partition coefficient (Wildman–Crippen LogP) is 4.55. The van der Waals surface area contributed by atoms with Gasteiger partial charge in [0.15, 0.2) is 0 Å². The minimum atomic E-state index is 0.943. The maximum atomic E-state index is 3.70. The molecule has 0 heteroatoms. The first-order valence-electron chi connectivity index (χ1n) is 5.99. The molecule has 0 aliphatic rings. The third-order valence-corrected chi connectivity index (χ3v) is 2.69. The maximum absolute atomic E-state index is 3.70. The van der Waals surface area contributed by atoms with Crippen molar-refractivity contribution in [2.45, 2.75) is 19.3 Å². The summed E-state index contributed by atoms with van der Waals surface area (Å²) in [6.07, 6.45) is 5.03. The molecule has 0 fully saturated rings. The highest BCUT2D eigenvalue weighted by atomic mass is 14.0. The molecule has 0 bridgehead atoms. The van der Waals surface area contributed by atoms with Crippen molar-refractivity contribution in [1.82, 2.24) is 0 Å². The van der Waals surface area contributed by atoms with Crippen LogP contribution in [-0.2, 0) is 0 Å². The fourth-order valence-electron chi connectivity index (χ4n) is 1.77. The summed E-state index contributed by atoms with van der Waals surface area (Å²) in [4.78, 5) is 0. The summed E-state index contributed by atoms with van der Waals surface area (Å²) in [6.45, 7) is 3.70. The van der Waals surface area contributed by atoms with E-state index in [1.807, 2.05) is 6.08 Å². The van der Waals surface area contributed by atoms with Crippen LogP contribution in [0.2, 0.25) is 0 Å². The van der Waals surface area contributed by atoms with E-state index in [1.54, 1.807) is 0 Å². The van der Waals surface area contributed by atoms with Crippen molar-refractivity contribution in [2.75, 3.05) is 0 Å². The summed E-state index contributed by atoms with van der Waals surface area (Å²) in [7, 11) is 0. The molecule has 84 valence electrons. The van der Waals surface area contributed by atoms with E-state index in [1.165, 1.54) is 10.8 Å². The van der Waals surface area contributed by atoms with Crippen LogP contribution in [0.25, 0.3) is 10.8 Å². The van der Waals surface area contributed by atoms with Crippen LogP contribution in [0.5, 0.6) is 0 Å². The van der Waals surface area contributed by atoms with E-state index >= 15 is 0 Å². The smallest absolute Gasteiger partial charge is 0.0251 e. The van der Waals surface area contributed by atoms with Crippen molar-refractivity contribution < 1.29 is 0 Å². The van der Waals surface area contributed by atoms with Crippen molar-refractivity contribution >= 4 is 10.8 Å². The van der Waals surface area contributed by atoms with Crippen LogP contribution in [-0.4, -0.2) is 0 Å². The summed E-state index contributed by atoms with van der Waals surface area (Å²) >= 11 is 0. The monoisotopic (exact) mass is 220 g/mol. The third-order valence-electron chi connectivity index (χ3n) is 2.69. The topological polar surface area (TPSA) is 0 Å². The lowest BCUT2D eigenvalue weighted by molar-refractivity contribution is 0.887. The molecule has 17 heavy (non-hydrogen) atoms. The van der Waals surface area contributed by atoms with Gasteiger partial charge in [-0.05, 0) is 35.7 Å². The molecule has 0 radical (unpaired) electrons. The van der Waals surface area contributed by atoms with Crippen LogP contribution in [0.4, 0.5) is 0 Å². The largest absolute Gasteiger partial charge is 0.103 e. The molecule has 0 saturated carbocycles. The van der Waals surface area contributed by atoms with Crippen LogP contribution >= 0.6 is 0 Å². The number of unbranched alkanes of at least 4 members (excludes halogenated alkanes) is 2. The molecular weight excluding hydrogens is 204 g/mol. The number of allylic oxidation sites excluding steroid dienone is 1. The second-order valence-corrected chi connectivity index (χ2v) is 4.04. The number of hydrogen-bond donors (Lipinski definition) is 0. The molecule has 0 aliphatic carbocycles. The zero-order valence-corrected chi connectivity index (χ0v) is 9.95. The van der Waals surface area contributed by atoms with Gasteiger partial charge in [-0.1, -0.05) is 48.2 Å². The lowest BCUT2D eigenvalue weighted by atomic mass is 10.1. The molecule has 2 rings (SSSR count). The predicted molar refractivity (Wildman–Crippen MR) is 74.9 cm³/mol. The molecule has 0 saturated heterocycles. The molecule has 2 aromatic rings. The van der Waals surface area contributed by atoms with Gasteiger partial charge >= 0.3 is 0 Å². The first-order valence-corrected chi connectivity index (χ1v) is 5.99. The van der Waals surface area contributed by atoms with Crippen LogP contribution in [0.15, 0.2) is 55.1 Å². The Labute approximate surface area is 103 Å². The highest BCUT2D eigenvalue weighted by molar-refractivity contribution is 5.83. The highest BCUT2D eigenvalue weighted by Crippen LogP contribution is 2.14. The van der Waals surface area contributed by atoms with Crippen molar-refractivity contribution in [3.63, 3.8) is 0 Å². The molecule has 0 aliphatic heterocycles. The first-order chi connectivity index (χ1) is 8.40. The minimum Gasteiger partial charge on any atom is -0.103 e. The number of fused-ring (bicyclic) bond motifs is 1. The quantitative estimate of drug-likeness (QED) is 0.404. The first kappa shape index (κ1) is 11.5. The molecule has 0 aromatic heterocycles. The van der Waals surface area contributed by atoms with E-state index in [-0.39, 0.29) is 0 Å². The zero-order chi connectivity index (χ0) is 11.9. The van der Waals surface area contributed by atoms with Gasteiger partial charge in [-0.2, -0.15) is 0 Å². The lowest BCUT2D eigenvalue weighted by Gasteiger charge is -1.97. The summed E-state index contributed by atoms with van der Waals surface area (Å²) in [5.74, 6) is 6.41. The van der Waals surface area contributed by atoms with Gasteiger partial charge in [0, 0.05) is 12.0 Å². The van der Waals surface area contributed by atoms with Gasteiger partial charge < -0.3 is 0 Å². The Morgan fingerprint density at radius 3 is 2.71 bits per heavy atom.